The Morgan fingerprint density at radius 3 is 3.18 bits per heavy atom. The second-order valence-electron chi connectivity index (χ2n) is 3.71. The van der Waals surface area contributed by atoms with Gasteiger partial charge in [0.15, 0.2) is 0 Å². The van der Waals surface area contributed by atoms with E-state index in [0.717, 1.165) is 6.42 Å². The molecule has 0 aromatic heterocycles. The molecule has 0 aromatic carbocycles. The molecule has 0 radical (unpaired) electrons. The van der Waals surface area contributed by atoms with Crippen molar-refractivity contribution in [3.63, 3.8) is 0 Å². The van der Waals surface area contributed by atoms with Crippen LogP contribution in [0.3, 0.4) is 0 Å². The van der Waals surface area contributed by atoms with E-state index in [1.54, 1.807) is 0 Å². The van der Waals surface area contributed by atoms with Gasteiger partial charge in [0.1, 0.15) is 6.10 Å². The molecule has 1 saturated carbocycles. The molecule has 0 N–H and O–H groups in total. The van der Waals surface area contributed by atoms with Crippen molar-refractivity contribution in [1.29, 1.82) is 0 Å². The monoisotopic (exact) mass is 150 g/mol. The number of carbonyl (C=O) groups excluding carboxylic acids is 1. The minimum atomic E-state index is 0.0480. The summed E-state index contributed by atoms with van der Waals surface area (Å²) in [7, 11) is 0. The zero-order chi connectivity index (χ0) is 7.42. The van der Waals surface area contributed by atoms with Crippen LogP contribution in [0, 0.1) is 17.8 Å². The van der Waals surface area contributed by atoms with Crippen LogP contribution in [0.4, 0.5) is 0 Å². The quantitative estimate of drug-likeness (QED) is 0.382. The Hall–Kier alpha value is -0.790. The van der Waals surface area contributed by atoms with E-state index in [1.807, 2.05) is 0 Å². The van der Waals surface area contributed by atoms with Gasteiger partial charge in [-0.3, -0.25) is 4.79 Å². The second kappa shape index (κ2) is 1.68. The highest BCUT2D eigenvalue weighted by atomic mass is 16.6. The molecule has 1 saturated heterocycles. The molecule has 58 valence electrons. The van der Waals surface area contributed by atoms with Crippen molar-refractivity contribution < 1.29 is 9.53 Å². The number of esters is 1. The van der Waals surface area contributed by atoms with Crippen molar-refractivity contribution in [3.05, 3.63) is 12.2 Å². The van der Waals surface area contributed by atoms with Crippen LogP contribution in [-0.2, 0) is 9.53 Å². The summed E-state index contributed by atoms with van der Waals surface area (Å²) in [6, 6.07) is 0. The van der Waals surface area contributed by atoms with Crippen molar-refractivity contribution in [2.45, 2.75) is 18.9 Å². The summed E-state index contributed by atoms with van der Waals surface area (Å²) in [5, 5.41) is 0. The second-order valence-corrected chi connectivity index (χ2v) is 3.71. The van der Waals surface area contributed by atoms with Crippen LogP contribution in [0.2, 0.25) is 0 Å². The third kappa shape index (κ3) is 0.561. The molecular weight excluding hydrogens is 140 g/mol. The first-order valence-corrected chi connectivity index (χ1v) is 4.25. The minimum absolute atomic E-state index is 0.0480. The summed E-state index contributed by atoms with van der Waals surface area (Å²) in [4.78, 5) is 11.2. The molecule has 4 atom stereocenters. The van der Waals surface area contributed by atoms with Crippen LogP contribution in [0.25, 0.3) is 0 Å². The van der Waals surface area contributed by atoms with Gasteiger partial charge in [-0.2, -0.15) is 0 Å². The number of carbonyl (C=O) groups is 1. The molecule has 1 heterocycles. The Labute approximate surface area is 65.2 Å². The molecule has 3 rings (SSSR count). The average molecular weight is 150 g/mol. The zero-order valence-corrected chi connectivity index (χ0v) is 6.19. The van der Waals surface area contributed by atoms with E-state index in [4.69, 9.17) is 4.74 Å². The van der Waals surface area contributed by atoms with Crippen LogP contribution in [0.15, 0.2) is 12.2 Å². The summed E-state index contributed by atoms with van der Waals surface area (Å²) in [5.41, 5.74) is 0. The predicted octanol–water partition coefficient (Wildman–Crippen LogP) is 1.12. The first-order valence-electron chi connectivity index (χ1n) is 4.25. The smallest absolute Gasteiger partial charge is 0.309 e. The molecule has 11 heavy (non-hydrogen) atoms. The number of rotatable bonds is 0. The van der Waals surface area contributed by atoms with Crippen LogP contribution in [0.5, 0.6) is 0 Å². The Bertz CT molecular complexity index is 244. The Morgan fingerprint density at radius 2 is 2.27 bits per heavy atom. The highest BCUT2D eigenvalue weighted by Crippen LogP contribution is 2.49. The summed E-state index contributed by atoms with van der Waals surface area (Å²) in [5.74, 6) is 1.45. The molecule has 0 unspecified atom stereocenters. The van der Waals surface area contributed by atoms with E-state index in [-0.39, 0.29) is 18.0 Å². The number of hydrogen-bond donors (Lipinski definition) is 0. The molecule has 2 heteroatoms. The maximum absolute atomic E-state index is 11.2. The van der Waals surface area contributed by atoms with Crippen LogP contribution in [0.1, 0.15) is 12.8 Å². The molecule has 0 bridgehead atoms. The number of allylic oxidation sites excluding steroid dienone is 1. The van der Waals surface area contributed by atoms with Gasteiger partial charge in [0.05, 0.1) is 5.92 Å². The topological polar surface area (TPSA) is 26.3 Å². The molecule has 1 aliphatic heterocycles. The van der Waals surface area contributed by atoms with Gasteiger partial charge in [0.25, 0.3) is 0 Å². The summed E-state index contributed by atoms with van der Waals surface area (Å²) in [6.07, 6.45) is 6.67. The molecule has 2 fully saturated rings. The SMILES string of the molecule is O=C1O[C@@H]2C=C[C@@H]3CC[C@H]1[C@@H]32. The Morgan fingerprint density at radius 1 is 1.36 bits per heavy atom. The standard InChI is InChI=1S/C9H10O2/c10-9-6-3-1-5-2-4-7(11-9)8(5)6/h2,4-8H,1,3H2/t5-,6-,7+,8+/m0/s1. The van der Waals surface area contributed by atoms with Crippen molar-refractivity contribution in [3.8, 4) is 0 Å². The van der Waals surface area contributed by atoms with Gasteiger partial charge in [-0.25, -0.2) is 0 Å². The molecular formula is C9H10O2. The van der Waals surface area contributed by atoms with Gasteiger partial charge in [-0.1, -0.05) is 6.08 Å². The van der Waals surface area contributed by atoms with Gasteiger partial charge in [-0.05, 0) is 24.8 Å². The normalized spacial score (nSPS) is 51.5. The Balaban J connectivity index is 2.04. The van der Waals surface area contributed by atoms with Gasteiger partial charge in [0.2, 0.25) is 0 Å². The predicted molar refractivity (Wildman–Crippen MR) is 38.7 cm³/mol. The van der Waals surface area contributed by atoms with Crippen molar-refractivity contribution >= 4 is 5.97 Å². The van der Waals surface area contributed by atoms with Gasteiger partial charge in [-0.15, -0.1) is 0 Å². The molecule has 0 aromatic rings. The maximum atomic E-state index is 11.2. The summed E-state index contributed by atoms with van der Waals surface area (Å²) >= 11 is 0. The molecule has 2 nitrogen and oxygen atoms in total. The van der Waals surface area contributed by atoms with Crippen molar-refractivity contribution in [1.82, 2.24) is 0 Å². The Kier molecular flexibility index (Phi) is 0.888. The highest BCUT2D eigenvalue weighted by molar-refractivity contribution is 5.76. The fourth-order valence-corrected chi connectivity index (χ4v) is 2.75. The van der Waals surface area contributed by atoms with Crippen LogP contribution >= 0.6 is 0 Å². The molecule has 0 amide bonds. The minimum Gasteiger partial charge on any atom is -0.458 e. The lowest BCUT2D eigenvalue weighted by atomic mass is 9.92. The van der Waals surface area contributed by atoms with E-state index in [2.05, 4.69) is 12.2 Å². The number of ether oxygens (including phenoxy) is 1. The fourth-order valence-electron chi connectivity index (χ4n) is 2.75. The summed E-state index contributed by atoms with van der Waals surface area (Å²) < 4.78 is 5.19. The van der Waals surface area contributed by atoms with E-state index in [1.165, 1.54) is 6.42 Å². The lowest BCUT2D eigenvalue weighted by Gasteiger charge is -2.09. The average Bonchev–Trinajstić information content (AvgIpc) is 2.53. The largest absolute Gasteiger partial charge is 0.458 e. The fraction of sp³-hybridized carbons (Fsp3) is 0.667. The first kappa shape index (κ1) is 5.81. The first-order chi connectivity index (χ1) is 5.36. The summed E-state index contributed by atoms with van der Waals surface area (Å²) in [6.45, 7) is 0. The number of hydrogen-bond acceptors (Lipinski definition) is 2. The lowest BCUT2D eigenvalue weighted by Crippen LogP contribution is -2.14. The van der Waals surface area contributed by atoms with Crippen LogP contribution < -0.4 is 0 Å². The molecule has 2 aliphatic carbocycles. The van der Waals surface area contributed by atoms with E-state index < -0.39 is 0 Å². The van der Waals surface area contributed by atoms with Gasteiger partial charge in [0, 0.05) is 5.92 Å². The third-order valence-electron chi connectivity index (χ3n) is 3.25. The highest BCUT2D eigenvalue weighted by Gasteiger charge is 2.52. The third-order valence-corrected chi connectivity index (χ3v) is 3.25. The van der Waals surface area contributed by atoms with E-state index >= 15 is 0 Å². The maximum Gasteiger partial charge on any atom is 0.309 e. The van der Waals surface area contributed by atoms with Crippen molar-refractivity contribution in [2.75, 3.05) is 0 Å². The van der Waals surface area contributed by atoms with Crippen molar-refractivity contribution in [2.24, 2.45) is 17.8 Å². The van der Waals surface area contributed by atoms with Gasteiger partial charge >= 0.3 is 5.97 Å². The van der Waals surface area contributed by atoms with Gasteiger partial charge < -0.3 is 4.74 Å². The van der Waals surface area contributed by atoms with E-state index in [9.17, 15) is 4.79 Å². The zero-order valence-electron chi connectivity index (χ0n) is 6.19. The van der Waals surface area contributed by atoms with E-state index in [0.29, 0.717) is 11.8 Å². The molecule has 3 aliphatic rings. The lowest BCUT2D eigenvalue weighted by molar-refractivity contribution is -0.143. The van der Waals surface area contributed by atoms with Crippen LogP contribution in [-0.4, -0.2) is 12.1 Å². The molecule has 0 spiro atoms.